The van der Waals surface area contributed by atoms with Gasteiger partial charge in [0.1, 0.15) is 11.8 Å². The van der Waals surface area contributed by atoms with Crippen molar-refractivity contribution in [2.45, 2.75) is 26.8 Å². The second kappa shape index (κ2) is 6.67. The summed E-state index contributed by atoms with van der Waals surface area (Å²) in [5.74, 6) is 0. The normalized spacial score (nSPS) is 11.6. The van der Waals surface area contributed by atoms with Gasteiger partial charge in [-0.25, -0.2) is 0 Å². The van der Waals surface area contributed by atoms with Crippen LogP contribution in [0, 0.1) is 18.3 Å². The van der Waals surface area contributed by atoms with Crippen LogP contribution in [0.25, 0.3) is 16.6 Å². The third kappa shape index (κ3) is 3.43. The van der Waals surface area contributed by atoms with Crippen molar-refractivity contribution in [2.24, 2.45) is 0 Å². The molecule has 0 atom stereocenters. The van der Waals surface area contributed by atoms with Gasteiger partial charge in [0.2, 0.25) is 0 Å². The van der Waals surface area contributed by atoms with Crippen LogP contribution in [0.2, 0.25) is 0 Å². The van der Waals surface area contributed by atoms with Crippen molar-refractivity contribution in [3.63, 3.8) is 0 Å². The van der Waals surface area contributed by atoms with Gasteiger partial charge in [-0.1, -0.05) is 19.1 Å². The van der Waals surface area contributed by atoms with E-state index in [4.69, 9.17) is 5.26 Å². The smallest absolute Gasteiger partial charge is 0.118 e. The molecule has 0 saturated heterocycles. The Morgan fingerprint density at radius 1 is 1.39 bits per heavy atom. The molecule has 0 spiro atoms. The highest BCUT2D eigenvalue weighted by Gasteiger charge is 2.06. The summed E-state index contributed by atoms with van der Waals surface area (Å²) in [6, 6.07) is 12.3. The van der Waals surface area contributed by atoms with E-state index in [0.717, 1.165) is 35.3 Å². The summed E-state index contributed by atoms with van der Waals surface area (Å²) in [7, 11) is 0. The predicted octanol–water partition coefficient (Wildman–Crippen LogP) is 4.35. The minimum absolute atomic E-state index is 0.594. The van der Waals surface area contributed by atoms with E-state index in [1.165, 1.54) is 22.0 Å². The largest absolute Gasteiger partial charge is 0.380 e. The van der Waals surface area contributed by atoms with E-state index in [1.807, 2.05) is 19.1 Å². The number of aryl methyl sites for hydroxylation is 1. The quantitative estimate of drug-likeness (QED) is 0.734. The first-order chi connectivity index (χ1) is 11.2. The molecule has 5 heteroatoms. The summed E-state index contributed by atoms with van der Waals surface area (Å²) in [4.78, 5) is 4.25. The van der Waals surface area contributed by atoms with Crippen LogP contribution in [-0.4, -0.2) is 9.36 Å². The lowest BCUT2D eigenvalue weighted by molar-refractivity contribution is 0.889. The molecule has 4 nitrogen and oxygen atoms in total. The zero-order valence-electron chi connectivity index (χ0n) is 13.2. The van der Waals surface area contributed by atoms with Gasteiger partial charge in [0.05, 0.1) is 10.6 Å². The predicted molar refractivity (Wildman–Crippen MR) is 95.0 cm³/mol. The van der Waals surface area contributed by atoms with Crippen molar-refractivity contribution in [2.75, 3.05) is 0 Å². The number of aromatic nitrogens is 2. The minimum Gasteiger partial charge on any atom is -0.380 e. The second-order valence-corrected chi connectivity index (χ2v) is 6.23. The number of nitrogens with one attached hydrogen (secondary N) is 2. The molecule has 0 saturated carbocycles. The number of nitrogens with zero attached hydrogens (tertiary/aromatic N) is 2. The molecular formula is C18H18N4S. The third-order valence-corrected chi connectivity index (χ3v) is 4.50. The maximum atomic E-state index is 8.97. The number of benzene rings is 1. The Bertz CT molecular complexity index is 895. The number of hydrogen-bond donors (Lipinski definition) is 2. The molecular weight excluding hydrogens is 304 g/mol. The molecule has 1 aromatic carbocycles. The van der Waals surface area contributed by atoms with Crippen LogP contribution in [-0.2, 0) is 6.54 Å². The van der Waals surface area contributed by atoms with Gasteiger partial charge in [-0.2, -0.15) is 9.64 Å². The Balaban J connectivity index is 1.78. The molecule has 0 bridgehead atoms. The standard InChI is InChI=1S/C18H18N4S/c1-3-4-17(18-7-12(2)22-23-18)20-11-13-5-6-16-14(8-13)9-15(10-19)21-16/h4-9,20-21H,3,11H2,1-2H3/b17-4-. The fraction of sp³-hybridized carbons (Fsp3) is 0.222. The van der Waals surface area contributed by atoms with E-state index in [2.05, 4.69) is 51.9 Å². The van der Waals surface area contributed by atoms with Gasteiger partial charge in [-0.05, 0) is 54.7 Å². The fourth-order valence-electron chi connectivity index (χ4n) is 2.50. The first-order valence-corrected chi connectivity index (χ1v) is 8.36. The van der Waals surface area contributed by atoms with E-state index >= 15 is 0 Å². The summed E-state index contributed by atoms with van der Waals surface area (Å²) in [6.07, 6.45) is 3.16. The summed E-state index contributed by atoms with van der Waals surface area (Å²) in [5, 5.41) is 13.5. The zero-order valence-corrected chi connectivity index (χ0v) is 14.0. The van der Waals surface area contributed by atoms with Gasteiger partial charge in [0, 0.05) is 23.1 Å². The minimum atomic E-state index is 0.594. The number of allylic oxidation sites excluding steroid dienone is 1. The van der Waals surface area contributed by atoms with Crippen LogP contribution in [0.15, 0.2) is 36.4 Å². The Labute approximate surface area is 139 Å². The lowest BCUT2D eigenvalue weighted by atomic mass is 10.1. The van der Waals surface area contributed by atoms with Gasteiger partial charge in [-0.15, -0.1) is 0 Å². The SMILES string of the molecule is CC/C=C(\NCc1ccc2[nH]c(C#N)cc2c1)c1cc(C)ns1. The average molecular weight is 322 g/mol. The molecule has 0 aliphatic carbocycles. The van der Waals surface area contributed by atoms with Crippen molar-refractivity contribution < 1.29 is 0 Å². The number of aromatic amines is 1. The maximum absolute atomic E-state index is 8.97. The van der Waals surface area contributed by atoms with Crippen LogP contribution in [0.5, 0.6) is 0 Å². The summed E-state index contributed by atoms with van der Waals surface area (Å²) < 4.78 is 4.35. The fourth-order valence-corrected chi connectivity index (χ4v) is 3.28. The Kier molecular flexibility index (Phi) is 4.45. The van der Waals surface area contributed by atoms with E-state index in [0.29, 0.717) is 5.69 Å². The van der Waals surface area contributed by atoms with Crippen LogP contribution in [0.4, 0.5) is 0 Å². The highest BCUT2D eigenvalue weighted by molar-refractivity contribution is 7.07. The van der Waals surface area contributed by atoms with Crippen molar-refractivity contribution >= 4 is 28.1 Å². The number of fused-ring (bicyclic) bond motifs is 1. The summed E-state index contributed by atoms with van der Waals surface area (Å²) in [6.45, 7) is 4.88. The third-order valence-electron chi connectivity index (χ3n) is 3.59. The van der Waals surface area contributed by atoms with E-state index in [1.54, 1.807) is 0 Å². The Morgan fingerprint density at radius 2 is 2.26 bits per heavy atom. The lowest BCUT2D eigenvalue weighted by Crippen LogP contribution is -2.11. The summed E-state index contributed by atoms with van der Waals surface area (Å²) in [5.41, 5.74) is 4.95. The van der Waals surface area contributed by atoms with Gasteiger partial charge in [-0.3, -0.25) is 0 Å². The number of hydrogen-bond acceptors (Lipinski definition) is 4. The van der Waals surface area contributed by atoms with Gasteiger partial charge in [0.15, 0.2) is 0 Å². The van der Waals surface area contributed by atoms with Crippen molar-refractivity contribution in [3.05, 3.63) is 58.2 Å². The number of rotatable bonds is 5. The Hall–Kier alpha value is -2.58. The zero-order chi connectivity index (χ0) is 16.2. The topological polar surface area (TPSA) is 64.5 Å². The van der Waals surface area contributed by atoms with Crippen LogP contribution < -0.4 is 5.32 Å². The van der Waals surface area contributed by atoms with Crippen molar-refractivity contribution in [1.82, 2.24) is 14.7 Å². The molecule has 0 unspecified atom stereocenters. The van der Waals surface area contributed by atoms with Crippen LogP contribution in [0.3, 0.4) is 0 Å². The van der Waals surface area contributed by atoms with E-state index in [-0.39, 0.29) is 0 Å². The number of nitriles is 1. The maximum Gasteiger partial charge on any atom is 0.118 e. The highest BCUT2D eigenvalue weighted by atomic mass is 32.1. The molecule has 0 aliphatic heterocycles. The Morgan fingerprint density at radius 3 is 2.96 bits per heavy atom. The van der Waals surface area contributed by atoms with Gasteiger partial charge >= 0.3 is 0 Å². The molecule has 2 heterocycles. The molecule has 0 fully saturated rings. The highest BCUT2D eigenvalue weighted by Crippen LogP contribution is 2.21. The second-order valence-electron chi connectivity index (χ2n) is 5.43. The monoisotopic (exact) mass is 322 g/mol. The van der Waals surface area contributed by atoms with Crippen LogP contribution >= 0.6 is 11.5 Å². The first-order valence-electron chi connectivity index (χ1n) is 7.59. The molecule has 3 rings (SSSR count). The van der Waals surface area contributed by atoms with Gasteiger partial charge < -0.3 is 10.3 Å². The molecule has 2 aromatic heterocycles. The van der Waals surface area contributed by atoms with Gasteiger partial charge in [0.25, 0.3) is 0 Å². The lowest BCUT2D eigenvalue weighted by Gasteiger charge is -2.09. The van der Waals surface area contributed by atoms with E-state index < -0.39 is 0 Å². The molecule has 0 aliphatic rings. The molecule has 3 aromatic rings. The van der Waals surface area contributed by atoms with Crippen molar-refractivity contribution in [1.29, 1.82) is 5.26 Å². The number of H-pyrrole nitrogens is 1. The molecule has 0 radical (unpaired) electrons. The van der Waals surface area contributed by atoms with Crippen LogP contribution in [0.1, 0.15) is 35.2 Å². The summed E-state index contributed by atoms with van der Waals surface area (Å²) >= 11 is 1.52. The average Bonchev–Trinajstić information content (AvgIpc) is 3.16. The molecule has 0 amide bonds. The molecule has 116 valence electrons. The first kappa shape index (κ1) is 15.3. The van der Waals surface area contributed by atoms with Crippen molar-refractivity contribution in [3.8, 4) is 6.07 Å². The molecule has 2 N–H and O–H groups in total. The van der Waals surface area contributed by atoms with E-state index in [9.17, 15) is 0 Å². The molecule has 23 heavy (non-hydrogen) atoms.